The zero-order valence-electron chi connectivity index (χ0n) is 14.7. The lowest BCUT2D eigenvalue weighted by atomic mass is 10.1. The van der Waals surface area contributed by atoms with Crippen LogP contribution in [-0.4, -0.2) is 49.8 Å². The van der Waals surface area contributed by atoms with Gasteiger partial charge < -0.3 is 29.5 Å². The van der Waals surface area contributed by atoms with Gasteiger partial charge in [-0.25, -0.2) is 4.79 Å². The van der Waals surface area contributed by atoms with Gasteiger partial charge in [-0.3, -0.25) is 0 Å². The molecule has 0 bridgehead atoms. The van der Waals surface area contributed by atoms with Crippen LogP contribution in [0.2, 0.25) is 0 Å². The summed E-state index contributed by atoms with van der Waals surface area (Å²) in [6.45, 7) is 6.42. The highest BCUT2D eigenvalue weighted by Gasteiger charge is 2.55. The number of carbonyl (C=O) groups excluding carboxylic acids is 2. The monoisotopic (exact) mass is 361 g/mol. The summed E-state index contributed by atoms with van der Waals surface area (Å²) in [6, 6.07) is 6.59. The molecule has 0 amide bonds. The largest absolute Gasteiger partial charge is 0.490 e. The number of nitrogens with two attached hydrogens (primary N) is 1. The summed E-state index contributed by atoms with van der Waals surface area (Å²) in [7, 11) is 0. The maximum atomic E-state index is 11.8. The molecule has 7 nitrogen and oxygen atoms in total. The Morgan fingerprint density at radius 2 is 2.08 bits per heavy atom. The molecule has 2 N–H and O–H groups in total. The Hall–Kier alpha value is -2.38. The highest BCUT2D eigenvalue weighted by Crippen LogP contribution is 2.43. The van der Waals surface area contributed by atoms with Gasteiger partial charge in [0, 0.05) is 5.92 Å². The molecule has 3 rings (SSSR count). The van der Waals surface area contributed by atoms with Crippen molar-refractivity contribution in [1.82, 2.24) is 0 Å². The van der Waals surface area contributed by atoms with Gasteiger partial charge in [0.05, 0.1) is 19.3 Å². The molecule has 0 spiro atoms. The third-order valence-corrected chi connectivity index (χ3v) is 4.50. The van der Waals surface area contributed by atoms with Crippen LogP contribution in [0.25, 0.3) is 0 Å². The summed E-state index contributed by atoms with van der Waals surface area (Å²) in [4.78, 5) is 22.4. The number of hydrogen-bond donors (Lipinski definition) is 1. The van der Waals surface area contributed by atoms with Crippen molar-refractivity contribution >= 4 is 12.3 Å². The summed E-state index contributed by atoms with van der Waals surface area (Å²) in [5.74, 6) is 0.994. The van der Waals surface area contributed by atoms with E-state index < -0.39 is 17.6 Å². The van der Waals surface area contributed by atoms with Gasteiger partial charge in [0.15, 0.2) is 0 Å². The van der Waals surface area contributed by atoms with Crippen LogP contribution in [-0.2, 0) is 19.1 Å². The fourth-order valence-corrected chi connectivity index (χ4v) is 2.70. The first-order chi connectivity index (χ1) is 12.5. The third kappa shape index (κ3) is 4.05. The minimum absolute atomic E-state index is 0.108. The summed E-state index contributed by atoms with van der Waals surface area (Å²) in [5, 5.41) is 0. The average molecular weight is 361 g/mol. The molecule has 1 saturated heterocycles. The number of esters is 1. The second kappa shape index (κ2) is 7.47. The molecule has 0 aromatic heterocycles. The van der Waals surface area contributed by atoms with Gasteiger partial charge in [0.2, 0.25) is 5.60 Å². The van der Waals surface area contributed by atoms with Crippen molar-refractivity contribution in [3.05, 3.63) is 36.4 Å². The number of hydrogen-bond acceptors (Lipinski definition) is 7. The van der Waals surface area contributed by atoms with Crippen molar-refractivity contribution < 1.29 is 28.5 Å². The zero-order valence-corrected chi connectivity index (χ0v) is 14.7. The molecule has 4 unspecified atom stereocenters. The summed E-state index contributed by atoms with van der Waals surface area (Å²) < 4.78 is 21.7. The molecule has 1 heterocycles. The number of carbonyl (C=O) groups is 2. The van der Waals surface area contributed by atoms with Gasteiger partial charge in [-0.1, -0.05) is 6.58 Å². The Labute approximate surface area is 152 Å². The van der Waals surface area contributed by atoms with Gasteiger partial charge in [0.1, 0.15) is 30.5 Å². The van der Waals surface area contributed by atoms with E-state index in [9.17, 15) is 9.59 Å². The van der Waals surface area contributed by atoms with E-state index in [1.54, 1.807) is 31.2 Å². The van der Waals surface area contributed by atoms with Gasteiger partial charge >= 0.3 is 5.97 Å². The first-order valence-electron chi connectivity index (χ1n) is 8.59. The van der Waals surface area contributed by atoms with Crippen molar-refractivity contribution in [3.8, 4) is 11.5 Å². The highest BCUT2D eigenvalue weighted by atomic mass is 16.7. The Morgan fingerprint density at radius 3 is 2.65 bits per heavy atom. The van der Waals surface area contributed by atoms with Gasteiger partial charge in [-0.15, -0.1) is 0 Å². The Kier molecular flexibility index (Phi) is 5.29. The lowest BCUT2D eigenvalue weighted by molar-refractivity contribution is -0.150. The van der Waals surface area contributed by atoms with Crippen molar-refractivity contribution in [2.24, 2.45) is 11.7 Å². The zero-order chi connectivity index (χ0) is 18.7. The molecule has 2 fully saturated rings. The number of benzene rings is 1. The predicted octanol–water partition coefficient (Wildman–Crippen LogP) is 1.25. The smallest absolute Gasteiger partial charge is 0.344 e. The van der Waals surface area contributed by atoms with Crippen molar-refractivity contribution in [1.29, 1.82) is 0 Å². The van der Waals surface area contributed by atoms with E-state index in [2.05, 4.69) is 6.58 Å². The van der Waals surface area contributed by atoms with Crippen molar-refractivity contribution in [2.45, 2.75) is 31.1 Å². The molecule has 1 aromatic rings. The van der Waals surface area contributed by atoms with E-state index in [4.69, 9.17) is 24.7 Å². The average Bonchev–Trinajstić information content (AvgIpc) is 3.55. The molecule has 1 aliphatic carbocycles. The van der Waals surface area contributed by atoms with Crippen LogP contribution in [0.1, 0.15) is 13.3 Å². The third-order valence-electron chi connectivity index (χ3n) is 4.50. The van der Waals surface area contributed by atoms with Crippen LogP contribution in [0.5, 0.6) is 11.5 Å². The molecule has 140 valence electrons. The minimum atomic E-state index is -0.971. The highest BCUT2D eigenvalue weighted by molar-refractivity contribution is 5.82. The number of epoxide rings is 1. The lowest BCUT2D eigenvalue weighted by Crippen LogP contribution is -2.33. The molecule has 26 heavy (non-hydrogen) atoms. The van der Waals surface area contributed by atoms with Crippen LogP contribution < -0.4 is 15.2 Å². The number of ether oxygens (including phenoxy) is 4. The maximum absolute atomic E-state index is 11.8. The Balaban J connectivity index is 1.48. The molecule has 2 aliphatic rings. The second-order valence-corrected chi connectivity index (χ2v) is 6.52. The van der Waals surface area contributed by atoms with Crippen LogP contribution in [0.15, 0.2) is 36.4 Å². The minimum Gasteiger partial charge on any atom is -0.490 e. The molecule has 1 aromatic carbocycles. The molecule has 1 saturated carbocycles. The SMILES string of the molecule is C=C1C(CC(N)C=O)C1Oc1ccc(OCC2(C(=O)OCC)CO2)cc1. The van der Waals surface area contributed by atoms with Crippen LogP contribution in [0.4, 0.5) is 0 Å². The quantitative estimate of drug-likeness (QED) is 0.290. The first-order valence-corrected chi connectivity index (χ1v) is 8.59. The predicted molar refractivity (Wildman–Crippen MR) is 93.0 cm³/mol. The number of aldehydes is 1. The first kappa shape index (κ1) is 18.4. The normalized spacial score (nSPS) is 27.4. The molecule has 4 atom stereocenters. The van der Waals surface area contributed by atoms with E-state index in [0.717, 1.165) is 11.9 Å². The van der Waals surface area contributed by atoms with E-state index in [1.807, 2.05) is 0 Å². The van der Waals surface area contributed by atoms with Gasteiger partial charge in [-0.2, -0.15) is 0 Å². The fourth-order valence-electron chi connectivity index (χ4n) is 2.70. The Morgan fingerprint density at radius 1 is 1.42 bits per heavy atom. The topological polar surface area (TPSA) is 100 Å². The summed E-state index contributed by atoms with van der Waals surface area (Å²) in [5.41, 5.74) is 5.62. The van der Waals surface area contributed by atoms with Crippen LogP contribution in [0.3, 0.4) is 0 Å². The molecule has 0 radical (unpaired) electrons. The lowest BCUT2D eigenvalue weighted by Gasteiger charge is -2.13. The summed E-state index contributed by atoms with van der Waals surface area (Å²) in [6.07, 6.45) is 1.17. The molecule has 1 aliphatic heterocycles. The molecular formula is C19H23NO6. The fraction of sp³-hybridized carbons (Fsp3) is 0.474. The number of rotatable bonds is 10. The van der Waals surface area contributed by atoms with Crippen molar-refractivity contribution in [3.63, 3.8) is 0 Å². The second-order valence-electron chi connectivity index (χ2n) is 6.52. The van der Waals surface area contributed by atoms with E-state index >= 15 is 0 Å². The van der Waals surface area contributed by atoms with Gasteiger partial charge in [-0.05, 0) is 43.2 Å². The molecular weight excluding hydrogens is 338 g/mol. The van der Waals surface area contributed by atoms with E-state index in [1.165, 1.54) is 0 Å². The van der Waals surface area contributed by atoms with Gasteiger partial charge in [0.25, 0.3) is 0 Å². The van der Waals surface area contributed by atoms with E-state index in [0.29, 0.717) is 31.1 Å². The summed E-state index contributed by atoms with van der Waals surface area (Å²) >= 11 is 0. The van der Waals surface area contributed by atoms with Crippen LogP contribution in [0, 0.1) is 5.92 Å². The molecule has 7 heteroatoms. The maximum Gasteiger partial charge on any atom is 0.344 e. The van der Waals surface area contributed by atoms with E-state index in [-0.39, 0.29) is 18.6 Å². The van der Waals surface area contributed by atoms with Crippen LogP contribution >= 0.6 is 0 Å². The standard InChI is InChI=1S/C19H23NO6/c1-3-23-18(22)19(11-25-19)10-24-14-4-6-15(7-5-14)26-17-12(2)16(17)8-13(20)9-21/h4-7,9,13,16-17H,2-3,8,10-11,20H2,1H3. The Bertz CT molecular complexity index is 682. The van der Waals surface area contributed by atoms with Crippen molar-refractivity contribution in [2.75, 3.05) is 19.8 Å².